The molecule has 0 aromatic heterocycles. The molecule has 0 fully saturated rings. The summed E-state index contributed by atoms with van der Waals surface area (Å²) in [4.78, 5) is 2.13. The molecule has 0 unspecified atom stereocenters. The van der Waals surface area contributed by atoms with Crippen molar-refractivity contribution < 1.29 is 8.42 Å². The van der Waals surface area contributed by atoms with E-state index in [0.29, 0.717) is 0 Å². The highest BCUT2D eigenvalue weighted by Crippen LogP contribution is 2.24. The van der Waals surface area contributed by atoms with Crippen molar-refractivity contribution in [1.29, 1.82) is 0 Å². The number of hydrogen-bond donors (Lipinski definition) is 1. The number of rotatable bonds is 8. The molecule has 1 N–H and O–H groups in total. The molecule has 146 valence electrons. The van der Waals surface area contributed by atoms with Crippen molar-refractivity contribution in [3.8, 4) is 11.1 Å². The van der Waals surface area contributed by atoms with E-state index in [2.05, 4.69) is 33.9 Å². The minimum Gasteiger partial charge on any atom is -0.305 e. The second-order valence-corrected chi connectivity index (χ2v) is 8.96. The number of nitrogens with one attached hydrogen (secondary N) is 1. The molecule has 3 aromatic rings. The van der Waals surface area contributed by atoms with Crippen molar-refractivity contribution in [2.24, 2.45) is 0 Å². The summed E-state index contributed by atoms with van der Waals surface area (Å²) < 4.78 is 27.6. The summed E-state index contributed by atoms with van der Waals surface area (Å²) in [6, 6.07) is 25.5. The monoisotopic (exact) mass is 394 g/mol. The lowest BCUT2D eigenvalue weighted by atomic mass is 9.99. The van der Waals surface area contributed by atoms with E-state index in [4.69, 9.17) is 0 Å². The fourth-order valence-corrected chi connectivity index (χ4v) is 4.25. The summed E-state index contributed by atoms with van der Waals surface area (Å²) in [5.74, 6) is -0.0186. The van der Waals surface area contributed by atoms with Gasteiger partial charge in [-0.05, 0) is 41.9 Å². The van der Waals surface area contributed by atoms with Crippen molar-refractivity contribution in [2.45, 2.75) is 18.8 Å². The Kier molecular flexibility index (Phi) is 6.62. The van der Waals surface area contributed by atoms with Crippen molar-refractivity contribution in [1.82, 2.24) is 9.62 Å². The quantitative estimate of drug-likeness (QED) is 0.627. The Hall–Kier alpha value is -2.47. The van der Waals surface area contributed by atoms with E-state index in [1.807, 2.05) is 68.7 Å². The van der Waals surface area contributed by atoms with Crippen molar-refractivity contribution in [3.05, 3.63) is 95.6 Å². The van der Waals surface area contributed by atoms with E-state index in [-0.39, 0.29) is 12.3 Å². The van der Waals surface area contributed by atoms with Gasteiger partial charge in [0.1, 0.15) is 0 Å². The molecule has 0 atom stereocenters. The Labute approximate surface area is 167 Å². The molecule has 28 heavy (non-hydrogen) atoms. The summed E-state index contributed by atoms with van der Waals surface area (Å²) in [5, 5.41) is 0. The topological polar surface area (TPSA) is 49.4 Å². The fraction of sp³-hybridized carbons (Fsp3) is 0.217. The Morgan fingerprint density at radius 3 is 2.11 bits per heavy atom. The molecule has 0 saturated carbocycles. The van der Waals surface area contributed by atoms with Crippen LogP contribution in [-0.2, 0) is 28.9 Å². The molecule has 0 heterocycles. The first-order chi connectivity index (χ1) is 13.4. The highest BCUT2D eigenvalue weighted by molar-refractivity contribution is 7.88. The minimum absolute atomic E-state index is 0.0186. The van der Waals surface area contributed by atoms with Gasteiger partial charge in [0, 0.05) is 13.1 Å². The van der Waals surface area contributed by atoms with Gasteiger partial charge in [-0.2, -0.15) is 0 Å². The van der Waals surface area contributed by atoms with Crippen LogP contribution >= 0.6 is 0 Å². The van der Waals surface area contributed by atoms with E-state index in [9.17, 15) is 8.42 Å². The molecule has 0 aliphatic heterocycles. The molecule has 3 rings (SSSR count). The standard InChI is InChI=1S/C23H26N2O2S/c1-25(2)17-19-12-14-21(15-13-19)23-11-7-6-10-22(23)16-24-28(26,27)18-20-8-4-3-5-9-20/h3-15,24H,16-18H2,1-2H3. The minimum atomic E-state index is -3.41. The average Bonchev–Trinajstić information content (AvgIpc) is 2.67. The Bertz CT molecular complexity index is 998. The summed E-state index contributed by atoms with van der Waals surface area (Å²) in [6.45, 7) is 1.16. The first-order valence-corrected chi connectivity index (χ1v) is 10.9. The smallest absolute Gasteiger partial charge is 0.216 e. The van der Waals surface area contributed by atoms with Gasteiger partial charge in [-0.25, -0.2) is 13.1 Å². The summed E-state index contributed by atoms with van der Waals surface area (Å²) >= 11 is 0. The van der Waals surface area contributed by atoms with Gasteiger partial charge < -0.3 is 4.90 Å². The molecule has 0 aliphatic rings. The Morgan fingerprint density at radius 1 is 0.786 bits per heavy atom. The van der Waals surface area contributed by atoms with Gasteiger partial charge in [-0.3, -0.25) is 0 Å². The van der Waals surface area contributed by atoms with Gasteiger partial charge in [-0.15, -0.1) is 0 Å². The van der Waals surface area contributed by atoms with Crippen LogP contribution in [0.25, 0.3) is 11.1 Å². The molecule has 0 radical (unpaired) electrons. The lowest BCUT2D eigenvalue weighted by molar-refractivity contribution is 0.402. The largest absolute Gasteiger partial charge is 0.305 e. The maximum absolute atomic E-state index is 12.5. The van der Waals surface area contributed by atoms with Crippen LogP contribution in [0.3, 0.4) is 0 Å². The SMILES string of the molecule is CN(C)Cc1ccc(-c2ccccc2CNS(=O)(=O)Cc2ccccc2)cc1. The number of nitrogens with zero attached hydrogens (tertiary/aromatic N) is 1. The van der Waals surface area contributed by atoms with Gasteiger partial charge in [0.25, 0.3) is 0 Å². The van der Waals surface area contributed by atoms with E-state index >= 15 is 0 Å². The third-order valence-electron chi connectivity index (χ3n) is 4.46. The molecule has 4 nitrogen and oxygen atoms in total. The molecule has 5 heteroatoms. The first-order valence-electron chi connectivity index (χ1n) is 9.26. The van der Waals surface area contributed by atoms with E-state index in [0.717, 1.165) is 28.8 Å². The van der Waals surface area contributed by atoms with Gasteiger partial charge >= 0.3 is 0 Å². The summed E-state index contributed by atoms with van der Waals surface area (Å²) in [7, 11) is 0.685. The van der Waals surface area contributed by atoms with Crippen LogP contribution in [0.4, 0.5) is 0 Å². The molecule has 0 saturated heterocycles. The third kappa shape index (κ3) is 5.76. The maximum Gasteiger partial charge on any atom is 0.216 e. The maximum atomic E-state index is 12.5. The van der Waals surface area contributed by atoms with Crippen LogP contribution in [0.1, 0.15) is 16.7 Å². The van der Waals surface area contributed by atoms with Crippen LogP contribution < -0.4 is 4.72 Å². The first kappa shape index (κ1) is 20.3. The van der Waals surface area contributed by atoms with E-state index in [1.165, 1.54) is 5.56 Å². The molecular weight excluding hydrogens is 368 g/mol. The van der Waals surface area contributed by atoms with Gasteiger partial charge in [0.15, 0.2) is 0 Å². The summed E-state index contributed by atoms with van der Waals surface area (Å²) in [5.41, 5.74) is 5.11. The molecule has 0 bridgehead atoms. The van der Waals surface area contributed by atoms with Gasteiger partial charge in [0.2, 0.25) is 10.0 Å². The lowest BCUT2D eigenvalue weighted by Gasteiger charge is -2.13. The van der Waals surface area contributed by atoms with Crippen LogP contribution in [0.5, 0.6) is 0 Å². The van der Waals surface area contributed by atoms with Crippen LogP contribution in [0, 0.1) is 0 Å². The Morgan fingerprint density at radius 2 is 1.43 bits per heavy atom. The predicted molar refractivity (Wildman–Crippen MR) is 115 cm³/mol. The zero-order chi connectivity index (χ0) is 20.0. The van der Waals surface area contributed by atoms with Crippen LogP contribution in [0.15, 0.2) is 78.9 Å². The van der Waals surface area contributed by atoms with Crippen LogP contribution in [-0.4, -0.2) is 27.4 Å². The van der Waals surface area contributed by atoms with Gasteiger partial charge in [0.05, 0.1) is 5.75 Å². The second-order valence-electron chi connectivity index (χ2n) is 7.16. The zero-order valence-electron chi connectivity index (χ0n) is 16.3. The average molecular weight is 395 g/mol. The Balaban J connectivity index is 1.73. The van der Waals surface area contributed by atoms with E-state index in [1.54, 1.807) is 0 Å². The van der Waals surface area contributed by atoms with Crippen molar-refractivity contribution >= 4 is 10.0 Å². The third-order valence-corrected chi connectivity index (χ3v) is 5.76. The van der Waals surface area contributed by atoms with Crippen molar-refractivity contribution in [2.75, 3.05) is 14.1 Å². The molecule has 0 spiro atoms. The molecule has 0 amide bonds. The predicted octanol–water partition coefficient (Wildman–Crippen LogP) is 4.03. The van der Waals surface area contributed by atoms with Crippen molar-refractivity contribution in [3.63, 3.8) is 0 Å². The molecule has 0 aliphatic carbocycles. The van der Waals surface area contributed by atoms with Gasteiger partial charge in [-0.1, -0.05) is 78.9 Å². The second kappa shape index (κ2) is 9.15. The lowest BCUT2D eigenvalue weighted by Crippen LogP contribution is -2.25. The zero-order valence-corrected chi connectivity index (χ0v) is 17.1. The highest BCUT2D eigenvalue weighted by Gasteiger charge is 2.13. The number of benzene rings is 3. The fourth-order valence-electron chi connectivity index (χ4n) is 3.14. The number of hydrogen-bond acceptors (Lipinski definition) is 3. The number of sulfonamides is 1. The molecule has 3 aromatic carbocycles. The normalized spacial score (nSPS) is 11.7. The summed E-state index contributed by atoms with van der Waals surface area (Å²) in [6.07, 6.45) is 0. The van der Waals surface area contributed by atoms with E-state index < -0.39 is 10.0 Å². The highest BCUT2D eigenvalue weighted by atomic mass is 32.2. The molecular formula is C23H26N2O2S. The van der Waals surface area contributed by atoms with Crippen LogP contribution in [0.2, 0.25) is 0 Å².